The molecule has 126 valence electrons. The lowest BCUT2D eigenvalue weighted by Crippen LogP contribution is -2.37. The van der Waals surface area contributed by atoms with Crippen LogP contribution in [0, 0.1) is 12.8 Å². The number of amides is 2. The van der Waals surface area contributed by atoms with E-state index >= 15 is 0 Å². The molecule has 0 unspecified atom stereocenters. The predicted molar refractivity (Wildman–Crippen MR) is 88.6 cm³/mol. The Hall–Kier alpha value is -2.37. The Bertz CT molecular complexity index is 794. The average molecular weight is 327 g/mol. The van der Waals surface area contributed by atoms with Gasteiger partial charge in [-0.1, -0.05) is 0 Å². The van der Waals surface area contributed by atoms with E-state index < -0.39 is 0 Å². The summed E-state index contributed by atoms with van der Waals surface area (Å²) in [5.74, 6) is 1.09. The van der Waals surface area contributed by atoms with E-state index in [-0.39, 0.29) is 17.7 Å². The van der Waals surface area contributed by atoms with Crippen molar-refractivity contribution in [2.24, 2.45) is 5.92 Å². The summed E-state index contributed by atoms with van der Waals surface area (Å²) >= 11 is 0. The minimum atomic E-state index is -0.00771. The molecule has 1 aliphatic carbocycles. The van der Waals surface area contributed by atoms with Crippen molar-refractivity contribution in [3.8, 4) is 0 Å². The normalized spacial score (nSPS) is 18.7. The van der Waals surface area contributed by atoms with E-state index in [2.05, 4.69) is 4.98 Å². The van der Waals surface area contributed by atoms with Gasteiger partial charge in [-0.2, -0.15) is 0 Å². The molecule has 0 spiro atoms. The van der Waals surface area contributed by atoms with Crippen molar-refractivity contribution in [2.45, 2.75) is 26.2 Å². The molecule has 6 nitrogen and oxygen atoms in total. The number of fused-ring (bicyclic) bond motifs is 1. The van der Waals surface area contributed by atoms with Gasteiger partial charge in [0.2, 0.25) is 5.91 Å². The number of nitrogens with zero attached hydrogens (tertiary/aromatic N) is 3. The Morgan fingerprint density at radius 3 is 2.67 bits per heavy atom. The van der Waals surface area contributed by atoms with Crippen molar-refractivity contribution in [1.29, 1.82) is 0 Å². The van der Waals surface area contributed by atoms with Gasteiger partial charge in [0, 0.05) is 44.6 Å². The minimum Gasteiger partial charge on any atom is -0.441 e. The lowest BCUT2D eigenvalue weighted by atomic mass is 10.1. The number of hydrogen-bond donors (Lipinski definition) is 0. The summed E-state index contributed by atoms with van der Waals surface area (Å²) < 4.78 is 5.52. The SMILES string of the molecule is Cc1nc2ccc(C(=O)N3CCCN(C(=O)C4CC4)CC3)cc2o1. The number of hydrogen-bond acceptors (Lipinski definition) is 4. The zero-order chi connectivity index (χ0) is 16.7. The van der Waals surface area contributed by atoms with Crippen molar-refractivity contribution in [3.05, 3.63) is 29.7 Å². The molecule has 0 radical (unpaired) electrons. The number of oxazole rings is 1. The fourth-order valence-corrected chi connectivity index (χ4v) is 3.28. The third-order valence-corrected chi connectivity index (χ3v) is 4.76. The number of aryl methyl sites for hydroxylation is 1. The Labute approximate surface area is 140 Å². The lowest BCUT2D eigenvalue weighted by Gasteiger charge is -2.22. The molecule has 1 aromatic carbocycles. The van der Waals surface area contributed by atoms with Crippen LogP contribution >= 0.6 is 0 Å². The summed E-state index contributed by atoms with van der Waals surface area (Å²) in [6, 6.07) is 5.38. The summed E-state index contributed by atoms with van der Waals surface area (Å²) in [4.78, 5) is 33.0. The molecule has 2 aromatic rings. The summed E-state index contributed by atoms with van der Waals surface area (Å²) in [6.07, 6.45) is 2.87. The van der Waals surface area contributed by atoms with Gasteiger partial charge in [-0.15, -0.1) is 0 Å². The van der Waals surface area contributed by atoms with Gasteiger partial charge in [0.05, 0.1) is 0 Å². The maximum Gasteiger partial charge on any atom is 0.254 e. The van der Waals surface area contributed by atoms with E-state index in [1.54, 1.807) is 19.1 Å². The number of benzene rings is 1. The van der Waals surface area contributed by atoms with Crippen LogP contribution in [0.1, 0.15) is 35.5 Å². The fraction of sp³-hybridized carbons (Fsp3) is 0.500. The number of rotatable bonds is 2. The minimum absolute atomic E-state index is 0.00771. The molecule has 1 saturated heterocycles. The smallest absolute Gasteiger partial charge is 0.254 e. The average Bonchev–Trinajstić information content (AvgIpc) is 3.37. The van der Waals surface area contributed by atoms with Crippen molar-refractivity contribution >= 4 is 22.9 Å². The van der Waals surface area contributed by atoms with E-state index in [0.717, 1.165) is 31.3 Å². The van der Waals surface area contributed by atoms with Crippen LogP contribution in [0.15, 0.2) is 22.6 Å². The molecule has 2 aliphatic rings. The molecule has 1 saturated carbocycles. The maximum absolute atomic E-state index is 12.8. The summed E-state index contributed by atoms with van der Waals surface area (Å²) in [5, 5.41) is 0. The van der Waals surface area contributed by atoms with Crippen LogP contribution in [0.2, 0.25) is 0 Å². The molecular formula is C18H21N3O3. The highest BCUT2D eigenvalue weighted by Crippen LogP contribution is 2.31. The third kappa shape index (κ3) is 2.88. The highest BCUT2D eigenvalue weighted by Gasteiger charge is 2.34. The van der Waals surface area contributed by atoms with Crippen LogP contribution < -0.4 is 0 Å². The van der Waals surface area contributed by atoms with E-state index in [1.165, 1.54) is 0 Å². The van der Waals surface area contributed by atoms with Gasteiger partial charge < -0.3 is 14.2 Å². The molecule has 1 aromatic heterocycles. The zero-order valence-electron chi connectivity index (χ0n) is 13.8. The molecule has 2 amide bonds. The Kier molecular flexibility index (Phi) is 3.75. The van der Waals surface area contributed by atoms with Crippen molar-refractivity contribution in [3.63, 3.8) is 0 Å². The molecule has 0 atom stereocenters. The fourth-order valence-electron chi connectivity index (χ4n) is 3.28. The second-order valence-electron chi connectivity index (χ2n) is 6.66. The molecule has 0 bridgehead atoms. The number of aromatic nitrogens is 1. The van der Waals surface area contributed by atoms with Gasteiger partial charge in [-0.3, -0.25) is 9.59 Å². The second kappa shape index (κ2) is 5.92. The van der Waals surface area contributed by atoms with Gasteiger partial charge in [0.15, 0.2) is 11.5 Å². The van der Waals surface area contributed by atoms with Crippen LogP contribution in [-0.2, 0) is 4.79 Å². The van der Waals surface area contributed by atoms with Gasteiger partial charge in [-0.05, 0) is 37.5 Å². The first-order chi connectivity index (χ1) is 11.6. The van der Waals surface area contributed by atoms with E-state index in [1.807, 2.05) is 15.9 Å². The molecule has 24 heavy (non-hydrogen) atoms. The van der Waals surface area contributed by atoms with E-state index in [0.29, 0.717) is 36.7 Å². The second-order valence-corrected chi connectivity index (χ2v) is 6.66. The van der Waals surface area contributed by atoms with Gasteiger partial charge in [0.25, 0.3) is 5.91 Å². The molecule has 6 heteroatoms. The van der Waals surface area contributed by atoms with Crippen molar-refractivity contribution in [1.82, 2.24) is 14.8 Å². The third-order valence-electron chi connectivity index (χ3n) is 4.76. The van der Waals surface area contributed by atoms with Gasteiger partial charge in [-0.25, -0.2) is 4.98 Å². The summed E-state index contributed by atoms with van der Waals surface area (Å²) in [7, 11) is 0. The summed E-state index contributed by atoms with van der Waals surface area (Å²) in [5.41, 5.74) is 2.01. The van der Waals surface area contributed by atoms with Crippen molar-refractivity contribution in [2.75, 3.05) is 26.2 Å². The van der Waals surface area contributed by atoms with E-state index in [4.69, 9.17) is 4.42 Å². The Morgan fingerprint density at radius 2 is 1.88 bits per heavy atom. The largest absolute Gasteiger partial charge is 0.441 e. The lowest BCUT2D eigenvalue weighted by molar-refractivity contribution is -0.132. The van der Waals surface area contributed by atoms with Crippen molar-refractivity contribution < 1.29 is 14.0 Å². The summed E-state index contributed by atoms with van der Waals surface area (Å²) in [6.45, 7) is 4.44. The maximum atomic E-state index is 12.8. The highest BCUT2D eigenvalue weighted by atomic mass is 16.3. The Balaban J connectivity index is 1.47. The Morgan fingerprint density at radius 1 is 1.12 bits per heavy atom. The van der Waals surface area contributed by atoms with Crippen LogP contribution in [-0.4, -0.2) is 52.8 Å². The zero-order valence-corrected chi connectivity index (χ0v) is 13.8. The first-order valence-corrected chi connectivity index (χ1v) is 8.57. The molecule has 2 heterocycles. The van der Waals surface area contributed by atoms with Gasteiger partial charge >= 0.3 is 0 Å². The van der Waals surface area contributed by atoms with E-state index in [9.17, 15) is 9.59 Å². The quantitative estimate of drug-likeness (QED) is 0.848. The van der Waals surface area contributed by atoms with Gasteiger partial charge in [0.1, 0.15) is 5.52 Å². The molecular weight excluding hydrogens is 306 g/mol. The topological polar surface area (TPSA) is 66.7 Å². The molecule has 1 aliphatic heterocycles. The highest BCUT2D eigenvalue weighted by molar-refractivity contribution is 5.97. The van der Waals surface area contributed by atoms with Crippen LogP contribution in [0.25, 0.3) is 11.1 Å². The monoisotopic (exact) mass is 327 g/mol. The predicted octanol–water partition coefficient (Wildman–Crippen LogP) is 2.22. The van der Waals surface area contributed by atoms with Crippen LogP contribution in [0.4, 0.5) is 0 Å². The first kappa shape index (κ1) is 15.2. The number of carbonyl (C=O) groups excluding carboxylic acids is 2. The molecule has 2 fully saturated rings. The molecule has 4 rings (SSSR count). The first-order valence-electron chi connectivity index (χ1n) is 8.57. The van der Waals surface area contributed by atoms with Crippen LogP contribution in [0.3, 0.4) is 0 Å². The standard InChI is InChI=1S/C18H21N3O3/c1-12-19-15-6-5-14(11-16(15)24-12)18(23)21-8-2-7-20(9-10-21)17(22)13-3-4-13/h5-6,11,13H,2-4,7-10H2,1H3. The van der Waals surface area contributed by atoms with Crippen LogP contribution in [0.5, 0.6) is 0 Å². The molecule has 0 N–H and O–H groups in total. The number of carbonyl (C=O) groups is 2.